The van der Waals surface area contributed by atoms with Crippen LogP contribution in [0.3, 0.4) is 0 Å². The number of aromatic nitrogens is 2. The second kappa shape index (κ2) is 10.4. The maximum absolute atomic E-state index is 10.4. The first-order valence-electron chi connectivity index (χ1n) is 16.1. The van der Waals surface area contributed by atoms with Gasteiger partial charge in [-0.2, -0.15) is 10.5 Å². The molecule has 0 saturated carbocycles. The van der Waals surface area contributed by atoms with E-state index >= 15 is 0 Å². The summed E-state index contributed by atoms with van der Waals surface area (Å²) in [5.41, 5.74) is 9.04. The summed E-state index contributed by atoms with van der Waals surface area (Å²) in [6.45, 7) is 0. The van der Waals surface area contributed by atoms with Crippen LogP contribution in [-0.2, 0) is 0 Å². The van der Waals surface area contributed by atoms with Crippen LogP contribution in [0.1, 0.15) is 11.1 Å². The van der Waals surface area contributed by atoms with E-state index in [-0.39, 0.29) is 0 Å². The maximum Gasteiger partial charge on any atom is 0.0992 e. The molecule has 3 heterocycles. The van der Waals surface area contributed by atoms with E-state index in [2.05, 4.69) is 143 Å². The molecule has 226 valence electrons. The molecule has 7 aromatic carbocycles. The van der Waals surface area contributed by atoms with E-state index in [1.807, 2.05) is 24.3 Å². The Hall–Kier alpha value is -6.66. The van der Waals surface area contributed by atoms with Crippen molar-refractivity contribution < 1.29 is 0 Å². The number of hydrogen-bond acceptors (Lipinski definition) is 3. The summed E-state index contributed by atoms with van der Waals surface area (Å²) in [6.07, 6.45) is 0. The van der Waals surface area contributed by atoms with Crippen LogP contribution in [0.25, 0.3) is 86.3 Å². The fourth-order valence-electron chi connectivity index (χ4n) is 7.68. The molecule has 0 aliphatic heterocycles. The van der Waals surface area contributed by atoms with Crippen LogP contribution in [0.4, 0.5) is 0 Å². The minimum absolute atomic E-state index is 0.557. The van der Waals surface area contributed by atoms with E-state index in [0.29, 0.717) is 11.1 Å². The first-order chi connectivity index (χ1) is 24.2. The van der Waals surface area contributed by atoms with Crippen molar-refractivity contribution >= 4 is 75.1 Å². The molecule has 0 spiro atoms. The van der Waals surface area contributed by atoms with E-state index in [0.717, 1.165) is 55.3 Å². The van der Waals surface area contributed by atoms with E-state index in [1.54, 1.807) is 11.3 Å². The van der Waals surface area contributed by atoms with Crippen molar-refractivity contribution in [2.24, 2.45) is 0 Å². The zero-order valence-electron chi connectivity index (χ0n) is 26.1. The van der Waals surface area contributed by atoms with Gasteiger partial charge in [0.05, 0.1) is 45.3 Å². The average molecular weight is 641 g/mol. The Kier molecular flexibility index (Phi) is 5.84. The van der Waals surface area contributed by atoms with Gasteiger partial charge in [-0.1, -0.05) is 78.9 Å². The third-order valence-electron chi connectivity index (χ3n) is 9.70. The monoisotopic (exact) mass is 640 g/mol. The highest BCUT2D eigenvalue weighted by Crippen LogP contribution is 2.43. The number of fused-ring (bicyclic) bond motifs is 10. The molecule has 10 rings (SSSR count). The second-order valence-corrected chi connectivity index (χ2v) is 13.5. The molecule has 0 unspecified atom stereocenters. The van der Waals surface area contributed by atoms with Crippen LogP contribution in [0, 0.1) is 22.7 Å². The smallest absolute Gasteiger partial charge is 0.0992 e. The Labute approximate surface area is 285 Å². The van der Waals surface area contributed by atoms with Crippen molar-refractivity contribution in [2.75, 3.05) is 0 Å². The van der Waals surface area contributed by atoms with E-state index in [4.69, 9.17) is 0 Å². The SMILES string of the molecule is N#Cc1cc(-c2cc(C#N)cc(-n3c4ccccc4c4ccc5sc6ccccc6c5c43)c2)cc(-n2c3ccccc3c3ccccc32)c1. The summed E-state index contributed by atoms with van der Waals surface area (Å²) in [5, 5.41) is 27.7. The van der Waals surface area contributed by atoms with Crippen LogP contribution >= 0.6 is 11.3 Å². The molecule has 3 aromatic heterocycles. The van der Waals surface area contributed by atoms with Crippen LogP contribution in [0.5, 0.6) is 0 Å². The first kappa shape index (κ1) is 27.5. The summed E-state index contributed by atoms with van der Waals surface area (Å²) in [4.78, 5) is 0. The lowest BCUT2D eigenvalue weighted by molar-refractivity contribution is 1.17. The Morgan fingerprint density at radius 1 is 0.429 bits per heavy atom. The standard InChI is InChI=1S/C44H24N4S/c45-25-27-19-29(23-31(21-27)47-38-13-5-1-9-33(38)34-10-2-6-14-39(34)47)30-20-28(26-46)22-32(24-30)48-40-15-7-3-11-35(40)36-17-18-42-43(44(36)48)37-12-4-8-16-41(37)49-42/h1-24H. The van der Waals surface area contributed by atoms with Gasteiger partial charge < -0.3 is 9.13 Å². The summed E-state index contributed by atoms with van der Waals surface area (Å²) in [5.74, 6) is 0. The predicted octanol–water partition coefficient (Wildman–Crippen LogP) is 11.7. The Morgan fingerprint density at radius 2 is 0.918 bits per heavy atom. The zero-order chi connectivity index (χ0) is 32.6. The molecule has 0 aliphatic rings. The van der Waals surface area contributed by atoms with Crippen molar-refractivity contribution in [1.82, 2.24) is 9.13 Å². The van der Waals surface area contributed by atoms with E-state index in [9.17, 15) is 10.5 Å². The van der Waals surface area contributed by atoms with Crippen LogP contribution in [0.2, 0.25) is 0 Å². The molecule has 0 fully saturated rings. The Bertz CT molecular complexity index is 3030. The van der Waals surface area contributed by atoms with Gasteiger partial charge in [0.25, 0.3) is 0 Å². The molecular formula is C44H24N4S. The Balaban J connectivity index is 1.27. The molecule has 4 nitrogen and oxygen atoms in total. The van der Waals surface area contributed by atoms with Gasteiger partial charge in [0.1, 0.15) is 0 Å². The molecule has 0 radical (unpaired) electrons. The van der Waals surface area contributed by atoms with E-state index < -0.39 is 0 Å². The molecule has 49 heavy (non-hydrogen) atoms. The third kappa shape index (κ3) is 4.01. The fraction of sp³-hybridized carbons (Fsp3) is 0. The highest BCUT2D eigenvalue weighted by molar-refractivity contribution is 7.26. The molecule has 0 saturated heterocycles. The zero-order valence-corrected chi connectivity index (χ0v) is 26.9. The second-order valence-electron chi connectivity index (χ2n) is 12.4. The van der Waals surface area contributed by atoms with Crippen molar-refractivity contribution in [3.8, 4) is 34.6 Å². The number of rotatable bonds is 3. The lowest BCUT2D eigenvalue weighted by Gasteiger charge is -2.14. The molecule has 10 aromatic rings. The van der Waals surface area contributed by atoms with E-state index in [1.165, 1.54) is 30.9 Å². The summed E-state index contributed by atoms with van der Waals surface area (Å²) >= 11 is 1.81. The maximum atomic E-state index is 10.4. The minimum atomic E-state index is 0.557. The number of nitrogens with zero attached hydrogens (tertiary/aromatic N) is 4. The summed E-state index contributed by atoms with van der Waals surface area (Å²) in [6, 6.07) is 55.2. The van der Waals surface area contributed by atoms with Gasteiger partial charge in [0, 0.05) is 53.1 Å². The first-order valence-corrected chi connectivity index (χ1v) is 16.9. The molecule has 0 bridgehead atoms. The van der Waals surface area contributed by atoms with Gasteiger partial charge >= 0.3 is 0 Å². The van der Waals surface area contributed by atoms with Gasteiger partial charge in [-0.3, -0.25) is 0 Å². The molecule has 0 aliphatic carbocycles. The van der Waals surface area contributed by atoms with Crippen molar-refractivity contribution in [3.05, 3.63) is 157 Å². The van der Waals surface area contributed by atoms with Crippen molar-refractivity contribution in [1.29, 1.82) is 10.5 Å². The summed E-state index contributed by atoms with van der Waals surface area (Å²) in [7, 11) is 0. The number of nitriles is 2. The van der Waals surface area contributed by atoms with Gasteiger partial charge in [0.15, 0.2) is 0 Å². The normalized spacial score (nSPS) is 11.6. The number of benzene rings is 7. The van der Waals surface area contributed by atoms with Crippen LogP contribution < -0.4 is 0 Å². The molecule has 0 N–H and O–H groups in total. The van der Waals surface area contributed by atoms with Crippen LogP contribution in [0.15, 0.2) is 146 Å². The lowest BCUT2D eigenvalue weighted by Crippen LogP contribution is -1.98. The quantitative estimate of drug-likeness (QED) is 0.193. The lowest BCUT2D eigenvalue weighted by atomic mass is 9.99. The number of thiophene rings is 1. The number of hydrogen-bond donors (Lipinski definition) is 0. The molecular weight excluding hydrogens is 617 g/mol. The third-order valence-corrected chi connectivity index (χ3v) is 10.8. The Morgan fingerprint density at radius 3 is 1.51 bits per heavy atom. The fourth-order valence-corrected chi connectivity index (χ4v) is 8.79. The summed E-state index contributed by atoms with van der Waals surface area (Å²) < 4.78 is 7.03. The average Bonchev–Trinajstić information content (AvgIpc) is 3.82. The highest BCUT2D eigenvalue weighted by atomic mass is 32.1. The topological polar surface area (TPSA) is 57.4 Å². The van der Waals surface area contributed by atoms with Gasteiger partial charge in [0.2, 0.25) is 0 Å². The van der Waals surface area contributed by atoms with Crippen molar-refractivity contribution in [2.45, 2.75) is 0 Å². The molecule has 0 amide bonds. The number of para-hydroxylation sites is 3. The van der Waals surface area contributed by atoms with Crippen LogP contribution in [-0.4, -0.2) is 9.13 Å². The molecule has 5 heteroatoms. The van der Waals surface area contributed by atoms with Crippen molar-refractivity contribution in [3.63, 3.8) is 0 Å². The minimum Gasteiger partial charge on any atom is -0.309 e. The largest absolute Gasteiger partial charge is 0.309 e. The predicted molar refractivity (Wildman–Crippen MR) is 203 cm³/mol. The van der Waals surface area contributed by atoms with Gasteiger partial charge in [-0.15, -0.1) is 11.3 Å². The van der Waals surface area contributed by atoms with Gasteiger partial charge in [-0.25, -0.2) is 0 Å². The highest BCUT2D eigenvalue weighted by Gasteiger charge is 2.20. The van der Waals surface area contributed by atoms with Gasteiger partial charge in [-0.05, 0) is 77.9 Å². The molecule has 0 atom stereocenters.